The molecule has 1 aliphatic rings. The molecule has 0 amide bonds. The van der Waals surface area contributed by atoms with Gasteiger partial charge in [-0.05, 0) is 30.4 Å². The lowest BCUT2D eigenvalue weighted by Gasteiger charge is -2.27. The summed E-state index contributed by atoms with van der Waals surface area (Å²) < 4.78 is 0. The number of rotatable bonds is 3. The summed E-state index contributed by atoms with van der Waals surface area (Å²) in [5.74, 6) is 1.03. The summed E-state index contributed by atoms with van der Waals surface area (Å²) in [6.07, 6.45) is 5.47. The first kappa shape index (κ1) is 16.1. The lowest BCUT2D eigenvalue weighted by atomic mass is 10.0. The SMILES string of the molecule is c1ccc(-c2[nH]c3c(N4CCCCC4)ncnc3c2-c2ccccc2)cc1. The highest BCUT2D eigenvalue weighted by Crippen LogP contribution is 2.39. The molecule has 5 rings (SSSR count). The van der Waals surface area contributed by atoms with Crippen molar-refractivity contribution in [1.82, 2.24) is 15.0 Å². The van der Waals surface area contributed by atoms with Crippen LogP contribution in [0.15, 0.2) is 67.0 Å². The molecular formula is C23H22N4. The first-order valence-corrected chi connectivity index (χ1v) is 9.64. The van der Waals surface area contributed by atoms with Crippen LogP contribution in [0.1, 0.15) is 19.3 Å². The van der Waals surface area contributed by atoms with E-state index in [1.807, 2.05) is 6.07 Å². The minimum absolute atomic E-state index is 0.996. The Morgan fingerprint density at radius 1 is 0.741 bits per heavy atom. The molecule has 1 saturated heterocycles. The largest absolute Gasteiger partial charge is 0.355 e. The number of nitrogens with zero attached hydrogens (tertiary/aromatic N) is 3. The zero-order chi connectivity index (χ0) is 18.1. The van der Waals surface area contributed by atoms with Gasteiger partial charge in [0.15, 0.2) is 5.82 Å². The number of anilines is 1. The smallest absolute Gasteiger partial charge is 0.156 e. The average molecular weight is 354 g/mol. The maximum atomic E-state index is 4.69. The zero-order valence-electron chi connectivity index (χ0n) is 15.2. The lowest BCUT2D eigenvalue weighted by Crippen LogP contribution is -2.30. The van der Waals surface area contributed by atoms with Crippen LogP contribution in [-0.4, -0.2) is 28.0 Å². The zero-order valence-corrected chi connectivity index (χ0v) is 15.2. The van der Waals surface area contributed by atoms with Crippen molar-refractivity contribution in [3.63, 3.8) is 0 Å². The molecule has 4 heteroatoms. The van der Waals surface area contributed by atoms with Crippen molar-refractivity contribution in [2.75, 3.05) is 18.0 Å². The highest BCUT2D eigenvalue weighted by Gasteiger charge is 2.22. The number of piperidine rings is 1. The van der Waals surface area contributed by atoms with E-state index in [1.165, 1.54) is 30.4 Å². The van der Waals surface area contributed by atoms with Crippen LogP contribution in [0.2, 0.25) is 0 Å². The molecule has 1 aliphatic heterocycles. The topological polar surface area (TPSA) is 44.8 Å². The Morgan fingerprint density at radius 3 is 2.11 bits per heavy atom. The van der Waals surface area contributed by atoms with Crippen LogP contribution >= 0.6 is 0 Å². The van der Waals surface area contributed by atoms with Gasteiger partial charge >= 0.3 is 0 Å². The Kier molecular flexibility index (Phi) is 4.09. The minimum atomic E-state index is 0.996. The fourth-order valence-corrected chi connectivity index (χ4v) is 4.04. The maximum absolute atomic E-state index is 4.69. The fraction of sp³-hybridized carbons (Fsp3) is 0.217. The molecule has 3 heterocycles. The number of hydrogen-bond donors (Lipinski definition) is 1. The summed E-state index contributed by atoms with van der Waals surface area (Å²) in [5.41, 5.74) is 6.63. The van der Waals surface area contributed by atoms with Gasteiger partial charge in [-0.15, -0.1) is 0 Å². The molecule has 1 N–H and O–H groups in total. The van der Waals surface area contributed by atoms with E-state index in [2.05, 4.69) is 69.5 Å². The van der Waals surface area contributed by atoms with E-state index in [0.29, 0.717) is 0 Å². The van der Waals surface area contributed by atoms with Gasteiger partial charge in [-0.3, -0.25) is 0 Å². The van der Waals surface area contributed by atoms with Crippen molar-refractivity contribution in [3.8, 4) is 22.4 Å². The number of aromatic amines is 1. The average Bonchev–Trinajstić information content (AvgIpc) is 3.15. The van der Waals surface area contributed by atoms with Gasteiger partial charge in [-0.1, -0.05) is 60.7 Å². The van der Waals surface area contributed by atoms with Gasteiger partial charge in [0, 0.05) is 18.7 Å². The van der Waals surface area contributed by atoms with Crippen molar-refractivity contribution in [2.45, 2.75) is 19.3 Å². The molecule has 2 aromatic heterocycles. The van der Waals surface area contributed by atoms with Crippen LogP contribution in [0, 0.1) is 0 Å². The first-order chi connectivity index (χ1) is 13.4. The second-order valence-electron chi connectivity index (χ2n) is 7.08. The summed E-state index contributed by atoms with van der Waals surface area (Å²) >= 11 is 0. The van der Waals surface area contributed by atoms with Gasteiger partial charge in [-0.2, -0.15) is 0 Å². The number of benzene rings is 2. The second kappa shape index (κ2) is 6.88. The third kappa shape index (κ3) is 2.87. The van der Waals surface area contributed by atoms with Gasteiger partial charge in [0.25, 0.3) is 0 Å². The Morgan fingerprint density at radius 2 is 1.41 bits per heavy atom. The summed E-state index contributed by atoms with van der Waals surface area (Å²) in [4.78, 5) is 15.4. The molecular weight excluding hydrogens is 332 g/mol. The molecule has 0 unspecified atom stereocenters. The molecule has 1 fully saturated rings. The van der Waals surface area contributed by atoms with Crippen LogP contribution in [0.4, 0.5) is 5.82 Å². The van der Waals surface area contributed by atoms with Crippen LogP contribution < -0.4 is 4.90 Å². The molecule has 4 aromatic rings. The molecule has 0 spiro atoms. The van der Waals surface area contributed by atoms with Crippen molar-refractivity contribution in [2.24, 2.45) is 0 Å². The number of aromatic nitrogens is 3. The molecule has 27 heavy (non-hydrogen) atoms. The summed E-state index contributed by atoms with van der Waals surface area (Å²) in [7, 11) is 0. The van der Waals surface area contributed by atoms with Crippen LogP contribution in [-0.2, 0) is 0 Å². The monoisotopic (exact) mass is 354 g/mol. The van der Waals surface area contributed by atoms with E-state index < -0.39 is 0 Å². The number of nitrogens with one attached hydrogen (secondary N) is 1. The standard InChI is InChI=1S/C23H22N4/c1-4-10-17(11-5-1)19-20(18-12-6-2-7-13-18)26-22-21(19)24-16-25-23(22)27-14-8-3-9-15-27/h1-2,4-7,10-13,16,26H,3,8-9,14-15H2. The molecule has 2 aromatic carbocycles. The van der Waals surface area contributed by atoms with E-state index in [4.69, 9.17) is 4.98 Å². The second-order valence-corrected chi connectivity index (χ2v) is 7.08. The van der Waals surface area contributed by atoms with Crippen LogP contribution in [0.5, 0.6) is 0 Å². The highest BCUT2D eigenvalue weighted by molar-refractivity contribution is 6.05. The molecule has 0 atom stereocenters. The predicted octanol–water partition coefficient (Wildman–Crippen LogP) is 5.28. The van der Waals surface area contributed by atoms with E-state index in [1.54, 1.807) is 6.33 Å². The van der Waals surface area contributed by atoms with E-state index >= 15 is 0 Å². The van der Waals surface area contributed by atoms with Gasteiger partial charge in [0.05, 0.1) is 5.69 Å². The van der Waals surface area contributed by atoms with Gasteiger partial charge in [0.1, 0.15) is 17.4 Å². The number of fused-ring (bicyclic) bond motifs is 1. The van der Waals surface area contributed by atoms with Gasteiger partial charge in [0.2, 0.25) is 0 Å². The Labute approximate surface area is 158 Å². The maximum Gasteiger partial charge on any atom is 0.156 e. The number of hydrogen-bond acceptors (Lipinski definition) is 3. The van der Waals surface area contributed by atoms with E-state index in [-0.39, 0.29) is 0 Å². The third-order valence-electron chi connectivity index (χ3n) is 5.34. The lowest BCUT2D eigenvalue weighted by molar-refractivity contribution is 0.574. The van der Waals surface area contributed by atoms with Crippen molar-refractivity contribution in [3.05, 3.63) is 67.0 Å². The van der Waals surface area contributed by atoms with Crippen molar-refractivity contribution in [1.29, 1.82) is 0 Å². The Bertz CT molecular complexity index is 1050. The molecule has 0 bridgehead atoms. The Hall–Kier alpha value is -3.14. The third-order valence-corrected chi connectivity index (χ3v) is 5.34. The fourth-order valence-electron chi connectivity index (χ4n) is 4.04. The molecule has 0 saturated carbocycles. The highest BCUT2D eigenvalue weighted by atomic mass is 15.2. The number of H-pyrrole nitrogens is 1. The predicted molar refractivity (Wildman–Crippen MR) is 111 cm³/mol. The van der Waals surface area contributed by atoms with Crippen molar-refractivity contribution < 1.29 is 0 Å². The minimum Gasteiger partial charge on any atom is -0.355 e. The Balaban J connectivity index is 1.77. The molecule has 4 nitrogen and oxygen atoms in total. The van der Waals surface area contributed by atoms with E-state index in [0.717, 1.165) is 41.2 Å². The molecule has 134 valence electrons. The summed E-state index contributed by atoms with van der Waals surface area (Å²) in [6, 6.07) is 21.0. The van der Waals surface area contributed by atoms with Crippen LogP contribution in [0.3, 0.4) is 0 Å². The quantitative estimate of drug-likeness (QED) is 0.544. The normalized spacial score (nSPS) is 14.6. The van der Waals surface area contributed by atoms with E-state index in [9.17, 15) is 0 Å². The van der Waals surface area contributed by atoms with Crippen LogP contribution in [0.25, 0.3) is 33.4 Å². The summed E-state index contributed by atoms with van der Waals surface area (Å²) in [6.45, 7) is 2.12. The van der Waals surface area contributed by atoms with Gasteiger partial charge in [-0.25, -0.2) is 9.97 Å². The van der Waals surface area contributed by atoms with Crippen molar-refractivity contribution >= 4 is 16.9 Å². The molecule has 0 radical (unpaired) electrons. The summed E-state index contributed by atoms with van der Waals surface area (Å²) in [5, 5.41) is 0. The van der Waals surface area contributed by atoms with Gasteiger partial charge < -0.3 is 9.88 Å². The first-order valence-electron chi connectivity index (χ1n) is 9.64. The molecule has 0 aliphatic carbocycles.